The molecule has 0 saturated carbocycles. The molecule has 1 aromatic carbocycles. The predicted molar refractivity (Wildman–Crippen MR) is 65.6 cm³/mol. The molecule has 4 heteroatoms. The summed E-state index contributed by atoms with van der Waals surface area (Å²) in [6.07, 6.45) is 0.680. The highest BCUT2D eigenvalue weighted by Gasteiger charge is 2.16. The van der Waals surface area contributed by atoms with E-state index in [0.717, 1.165) is 0 Å². The molecule has 0 aromatic heterocycles. The van der Waals surface area contributed by atoms with E-state index in [9.17, 15) is 9.59 Å². The number of hydrogen-bond donors (Lipinski definition) is 0. The fourth-order valence-corrected chi connectivity index (χ4v) is 1.64. The molecule has 0 fully saturated rings. The first-order valence-corrected chi connectivity index (χ1v) is 5.60. The number of hydrogen-bond acceptors (Lipinski definition) is 3. The highest BCUT2D eigenvalue weighted by atomic mass is 16.5. The van der Waals surface area contributed by atoms with Gasteiger partial charge in [-0.3, -0.25) is 9.59 Å². The van der Waals surface area contributed by atoms with Crippen molar-refractivity contribution in [1.29, 1.82) is 0 Å². The maximum Gasteiger partial charge on any atom is 0.254 e. The molecule has 0 aliphatic rings. The van der Waals surface area contributed by atoms with Crippen LogP contribution in [0.4, 0.5) is 0 Å². The second-order valence-electron chi connectivity index (χ2n) is 3.55. The summed E-state index contributed by atoms with van der Waals surface area (Å²) < 4.78 is 5.02. The lowest BCUT2D eigenvalue weighted by Crippen LogP contribution is -2.31. The Morgan fingerprint density at radius 1 is 1.35 bits per heavy atom. The number of carbonyl (C=O) groups excluding carboxylic acids is 2. The quantitative estimate of drug-likeness (QED) is 0.733. The molecule has 0 aliphatic heterocycles. The van der Waals surface area contributed by atoms with Crippen molar-refractivity contribution < 1.29 is 14.3 Å². The molecular weight excluding hydrogens is 218 g/mol. The van der Waals surface area contributed by atoms with Gasteiger partial charge in [-0.05, 0) is 32.0 Å². The Kier molecular flexibility index (Phi) is 4.69. The minimum Gasteiger partial charge on any atom is -0.497 e. The van der Waals surface area contributed by atoms with Crippen molar-refractivity contribution in [2.24, 2.45) is 0 Å². The summed E-state index contributed by atoms with van der Waals surface area (Å²) in [5, 5.41) is 0. The monoisotopic (exact) mass is 235 g/mol. The molecule has 0 unspecified atom stereocenters. The van der Waals surface area contributed by atoms with Crippen LogP contribution in [0.5, 0.6) is 5.75 Å². The minimum atomic E-state index is -0.125. The molecule has 92 valence electrons. The number of amides is 1. The van der Waals surface area contributed by atoms with Crippen molar-refractivity contribution in [2.45, 2.75) is 13.8 Å². The molecule has 0 aliphatic carbocycles. The molecule has 0 N–H and O–H groups in total. The van der Waals surface area contributed by atoms with Gasteiger partial charge < -0.3 is 9.64 Å². The van der Waals surface area contributed by atoms with Gasteiger partial charge in [0.2, 0.25) is 0 Å². The van der Waals surface area contributed by atoms with E-state index in [-0.39, 0.29) is 5.91 Å². The lowest BCUT2D eigenvalue weighted by atomic mass is 10.1. The van der Waals surface area contributed by atoms with Crippen molar-refractivity contribution in [2.75, 3.05) is 20.2 Å². The number of carbonyl (C=O) groups is 2. The zero-order valence-electron chi connectivity index (χ0n) is 10.4. The number of rotatable bonds is 5. The van der Waals surface area contributed by atoms with E-state index >= 15 is 0 Å². The standard InChI is InChI=1S/C13H17NO3/c1-4-14(5-2)13(16)12-7-6-11(17-3)8-10(12)9-15/h6-9H,4-5H2,1-3H3. The van der Waals surface area contributed by atoms with Crippen molar-refractivity contribution in [3.63, 3.8) is 0 Å². The van der Waals surface area contributed by atoms with Gasteiger partial charge in [0.1, 0.15) is 5.75 Å². The summed E-state index contributed by atoms with van der Waals surface area (Å²) in [4.78, 5) is 24.8. The van der Waals surface area contributed by atoms with Crippen LogP contribution in [-0.2, 0) is 0 Å². The van der Waals surface area contributed by atoms with Crippen molar-refractivity contribution in [3.8, 4) is 5.75 Å². The summed E-state index contributed by atoms with van der Waals surface area (Å²) in [5.41, 5.74) is 0.783. The van der Waals surface area contributed by atoms with Crippen LogP contribution >= 0.6 is 0 Å². The molecule has 17 heavy (non-hydrogen) atoms. The maximum atomic E-state index is 12.1. The third-order valence-electron chi connectivity index (χ3n) is 2.67. The molecule has 1 amide bonds. The van der Waals surface area contributed by atoms with Crippen molar-refractivity contribution in [1.82, 2.24) is 4.90 Å². The fourth-order valence-electron chi connectivity index (χ4n) is 1.64. The van der Waals surface area contributed by atoms with E-state index in [4.69, 9.17) is 4.74 Å². The van der Waals surface area contributed by atoms with Gasteiger partial charge in [-0.2, -0.15) is 0 Å². The van der Waals surface area contributed by atoms with Crippen LogP contribution in [0.15, 0.2) is 18.2 Å². The smallest absolute Gasteiger partial charge is 0.254 e. The Bertz CT molecular complexity index is 411. The third-order valence-corrected chi connectivity index (χ3v) is 2.67. The van der Waals surface area contributed by atoms with Crippen LogP contribution in [0.1, 0.15) is 34.6 Å². The Morgan fingerprint density at radius 3 is 2.47 bits per heavy atom. The molecule has 1 rings (SSSR count). The van der Waals surface area contributed by atoms with Gasteiger partial charge in [-0.25, -0.2) is 0 Å². The SMILES string of the molecule is CCN(CC)C(=O)c1ccc(OC)cc1C=O. The lowest BCUT2D eigenvalue weighted by molar-refractivity contribution is 0.0770. The first-order valence-electron chi connectivity index (χ1n) is 5.60. The molecule has 0 spiro atoms. The Balaban J connectivity index is 3.12. The average Bonchev–Trinajstić information content (AvgIpc) is 2.39. The van der Waals surface area contributed by atoms with Gasteiger partial charge in [-0.1, -0.05) is 0 Å². The summed E-state index contributed by atoms with van der Waals surface area (Å²) in [7, 11) is 1.52. The first kappa shape index (κ1) is 13.2. The Hall–Kier alpha value is -1.84. The number of methoxy groups -OCH3 is 1. The fraction of sp³-hybridized carbons (Fsp3) is 0.385. The summed E-state index contributed by atoms with van der Waals surface area (Å²) in [6.45, 7) is 5.07. The molecule has 0 radical (unpaired) electrons. The summed E-state index contributed by atoms with van der Waals surface area (Å²) >= 11 is 0. The van der Waals surface area contributed by atoms with Gasteiger partial charge in [0.25, 0.3) is 5.91 Å². The second kappa shape index (κ2) is 6.03. The molecular formula is C13H17NO3. The van der Waals surface area contributed by atoms with E-state index in [1.807, 2.05) is 13.8 Å². The number of aldehydes is 1. The van der Waals surface area contributed by atoms with Crippen molar-refractivity contribution in [3.05, 3.63) is 29.3 Å². The molecule has 0 heterocycles. The largest absolute Gasteiger partial charge is 0.497 e. The lowest BCUT2D eigenvalue weighted by Gasteiger charge is -2.19. The van der Waals surface area contributed by atoms with Crippen LogP contribution in [0.25, 0.3) is 0 Å². The number of nitrogens with zero attached hydrogens (tertiary/aromatic N) is 1. The van der Waals surface area contributed by atoms with Gasteiger partial charge in [0.15, 0.2) is 6.29 Å². The Morgan fingerprint density at radius 2 is 2.00 bits per heavy atom. The third kappa shape index (κ3) is 2.84. The van der Waals surface area contributed by atoms with Gasteiger partial charge in [0.05, 0.1) is 12.7 Å². The highest BCUT2D eigenvalue weighted by Crippen LogP contribution is 2.17. The maximum absolute atomic E-state index is 12.1. The van der Waals surface area contributed by atoms with E-state index in [0.29, 0.717) is 36.3 Å². The number of benzene rings is 1. The summed E-state index contributed by atoms with van der Waals surface area (Å²) in [6, 6.07) is 4.89. The second-order valence-corrected chi connectivity index (χ2v) is 3.55. The van der Waals surface area contributed by atoms with E-state index < -0.39 is 0 Å². The van der Waals surface area contributed by atoms with E-state index in [1.54, 1.807) is 23.1 Å². The zero-order valence-corrected chi connectivity index (χ0v) is 10.4. The molecule has 1 aromatic rings. The topological polar surface area (TPSA) is 46.6 Å². The van der Waals surface area contributed by atoms with Gasteiger partial charge >= 0.3 is 0 Å². The van der Waals surface area contributed by atoms with Crippen LogP contribution < -0.4 is 4.74 Å². The molecule has 0 atom stereocenters. The summed E-state index contributed by atoms with van der Waals surface area (Å²) in [5.74, 6) is 0.447. The van der Waals surface area contributed by atoms with Gasteiger partial charge in [0, 0.05) is 18.7 Å². The first-order chi connectivity index (χ1) is 8.17. The highest BCUT2D eigenvalue weighted by molar-refractivity contribution is 6.01. The average molecular weight is 235 g/mol. The normalized spacial score (nSPS) is 9.82. The van der Waals surface area contributed by atoms with Crippen LogP contribution in [0.2, 0.25) is 0 Å². The van der Waals surface area contributed by atoms with Crippen LogP contribution in [0, 0.1) is 0 Å². The van der Waals surface area contributed by atoms with Crippen LogP contribution in [0.3, 0.4) is 0 Å². The molecule has 0 saturated heterocycles. The van der Waals surface area contributed by atoms with Crippen molar-refractivity contribution >= 4 is 12.2 Å². The zero-order chi connectivity index (χ0) is 12.8. The van der Waals surface area contributed by atoms with E-state index in [1.165, 1.54) is 7.11 Å². The predicted octanol–water partition coefficient (Wildman–Crippen LogP) is 1.99. The van der Waals surface area contributed by atoms with Crippen LogP contribution in [-0.4, -0.2) is 37.3 Å². The van der Waals surface area contributed by atoms with E-state index in [2.05, 4.69) is 0 Å². The minimum absolute atomic E-state index is 0.125. The van der Waals surface area contributed by atoms with Gasteiger partial charge in [-0.15, -0.1) is 0 Å². The molecule has 0 bridgehead atoms. The molecule has 4 nitrogen and oxygen atoms in total. The Labute approximate surface area is 101 Å². The number of ether oxygens (including phenoxy) is 1.